The molecule has 0 aliphatic rings. The standard InChI is InChI=1S/C12H17NO2/c1-3-4-7-13-12(15)10-6-5-9(2)8-11(10)14/h5-6,8,14H,3-4,7H2,1-2H3,(H,13,15). The summed E-state index contributed by atoms with van der Waals surface area (Å²) in [6, 6.07) is 5.05. The number of benzene rings is 1. The maximum absolute atomic E-state index is 11.6. The number of phenolic OH excluding ortho intramolecular Hbond substituents is 1. The largest absolute Gasteiger partial charge is 0.507 e. The molecule has 0 atom stereocenters. The molecule has 1 aromatic rings. The summed E-state index contributed by atoms with van der Waals surface area (Å²) in [6.45, 7) is 4.59. The third kappa shape index (κ3) is 3.27. The van der Waals surface area contributed by atoms with Crippen molar-refractivity contribution < 1.29 is 9.90 Å². The molecule has 0 saturated heterocycles. The van der Waals surface area contributed by atoms with E-state index in [0.717, 1.165) is 18.4 Å². The van der Waals surface area contributed by atoms with Crippen LogP contribution in [-0.4, -0.2) is 17.6 Å². The lowest BCUT2D eigenvalue weighted by Gasteiger charge is -2.06. The summed E-state index contributed by atoms with van der Waals surface area (Å²) in [5.74, 6) is -0.162. The van der Waals surface area contributed by atoms with Crippen molar-refractivity contribution in [2.24, 2.45) is 0 Å². The smallest absolute Gasteiger partial charge is 0.255 e. The third-order valence-corrected chi connectivity index (χ3v) is 2.21. The summed E-state index contributed by atoms with van der Waals surface area (Å²) in [6.07, 6.45) is 2.00. The minimum atomic E-state index is -0.207. The van der Waals surface area contributed by atoms with Gasteiger partial charge in [0.25, 0.3) is 5.91 Å². The van der Waals surface area contributed by atoms with Crippen LogP contribution in [0.15, 0.2) is 18.2 Å². The molecule has 82 valence electrons. The highest BCUT2D eigenvalue weighted by molar-refractivity contribution is 5.96. The maximum atomic E-state index is 11.6. The van der Waals surface area contributed by atoms with Gasteiger partial charge in [0.15, 0.2) is 0 Å². The summed E-state index contributed by atoms with van der Waals surface area (Å²) in [7, 11) is 0. The van der Waals surface area contributed by atoms with E-state index in [0.29, 0.717) is 12.1 Å². The summed E-state index contributed by atoms with van der Waals surface area (Å²) in [5, 5.41) is 12.3. The Hall–Kier alpha value is -1.51. The van der Waals surface area contributed by atoms with Gasteiger partial charge in [0.1, 0.15) is 5.75 Å². The van der Waals surface area contributed by atoms with Gasteiger partial charge in [0.05, 0.1) is 5.56 Å². The van der Waals surface area contributed by atoms with Gasteiger partial charge >= 0.3 is 0 Å². The molecule has 0 heterocycles. The first-order valence-electron chi connectivity index (χ1n) is 5.23. The fourth-order valence-electron chi connectivity index (χ4n) is 1.31. The molecule has 0 unspecified atom stereocenters. The molecule has 3 heteroatoms. The second-order valence-corrected chi connectivity index (χ2v) is 3.63. The van der Waals surface area contributed by atoms with E-state index in [1.807, 2.05) is 13.0 Å². The summed E-state index contributed by atoms with van der Waals surface area (Å²) < 4.78 is 0. The van der Waals surface area contributed by atoms with E-state index < -0.39 is 0 Å². The van der Waals surface area contributed by atoms with Crippen LogP contribution in [0.4, 0.5) is 0 Å². The van der Waals surface area contributed by atoms with Crippen molar-refractivity contribution in [1.82, 2.24) is 5.32 Å². The normalized spacial score (nSPS) is 10.0. The molecule has 3 nitrogen and oxygen atoms in total. The van der Waals surface area contributed by atoms with Crippen molar-refractivity contribution in [2.75, 3.05) is 6.54 Å². The van der Waals surface area contributed by atoms with Gasteiger partial charge in [-0.2, -0.15) is 0 Å². The van der Waals surface area contributed by atoms with Crippen LogP contribution < -0.4 is 5.32 Å². The first-order chi connectivity index (χ1) is 7.15. The Morgan fingerprint density at radius 2 is 2.20 bits per heavy atom. The molecule has 0 aromatic heterocycles. The van der Waals surface area contributed by atoms with Crippen LogP contribution >= 0.6 is 0 Å². The van der Waals surface area contributed by atoms with Gasteiger partial charge in [-0.25, -0.2) is 0 Å². The van der Waals surface area contributed by atoms with E-state index in [2.05, 4.69) is 12.2 Å². The van der Waals surface area contributed by atoms with Crippen LogP contribution in [0.1, 0.15) is 35.7 Å². The Morgan fingerprint density at radius 3 is 2.80 bits per heavy atom. The van der Waals surface area contributed by atoms with E-state index in [1.54, 1.807) is 12.1 Å². The van der Waals surface area contributed by atoms with E-state index in [9.17, 15) is 9.90 Å². The maximum Gasteiger partial charge on any atom is 0.255 e. The fourth-order valence-corrected chi connectivity index (χ4v) is 1.31. The van der Waals surface area contributed by atoms with Crippen molar-refractivity contribution in [1.29, 1.82) is 0 Å². The van der Waals surface area contributed by atoms with Crippen LogP contribution in [0, 0.1) is 6.92 Å². The quantitative estimate of drug-likeness (QED) is 0.744. The summed E-state index contributed by atoms with van der Waals surface area (Å²) >= 11 is 0. The molecule has 1 aromatic carbocycles. The highest BCUT2D eigenvalue weighted by Crippen LogP contribution is 2.17. The average Bonchev–Trinajstić information content (AvgIpc) is 2.17. The Bertz CT molecular complexity index is 347. The Kier molecular flexibility index (Phi) is 4.16. The first kappa shape index (κ1) is 11.6. The zero-order chi connectivity index (χ0) is 11.3. The second kappa shape index (κ2) is 5.39. The molecule has 1 amide bonds. The van der Waals surface area contributed by atoms with E-state index >= 15 is 0 Å². The highest BCUT2D eigenvalue weighted by Gasteiger charge is 2.09. The number of aromatic hydroxyl groups is 1. The average molecular weight is 207 g/mol. The van der Waals surface area contributed by atoms with Gasteiger partial charge in [-0.15, -0.1) is 0 Å². The number of phenols is 1. The molecule has 0 fully saturated rings. The lowest BCUT2D eigenvalue weighted by Crippen LogP contribution is -2.24. The molecule has 1 rings (SSSR count). The predicted molar refractivity (Wildman–Crippen MR) is 60.1 cm³/mol. The van der Waals surface area contributed by atoms with Gasteiger partial charge < -0.3 is 10.4 Å². The van der Waals surface area contributed by atoms with Crippen LogP contribution in [0.3, 0.4) is 0 Å². The zero-order valence-electron chi connectivity index (χ0n) is 9.21. The third-order valence-electron chi connectivity index (χ3n) is 2.21. The molecular formula is C12H17NO2. The number of amides is 1. The van der Waals surface area contributed by atoms with Gasteiger partial charge in [0.2, 0.25) is 0 Å². The van der Waals surface area contributed by atoms with Crippen LogP contribution in [0.25, 0.3) is 0 Å². The molecule has 2 N–H and O–H groups in total. The number of hydrogen-bond donors (Lipinski definition) is 2. The monoisotopic (exact) mass is 207 g/mol. The zero-order valence-corrected chi connectivity index (χ0v) is 9.21. The van der Waals surface area contributed by atoms with Crippen molar-refractivity contribution in [2.45, 2.75) is 26.7 Å². The molecule has 0 spiro atoms. The van der Waals surface area contributed by atoms with E-state index in [1.165, 1.54) is 0 Å². The van der Waals surface area contributed by atoms with Crippen LogP contribution in [0.5, 0.6) is 5.75 Å². The van der Waals surface area contributed by atoms with Gasteiger partial charge in [0, 0.05) is 6.54 Å². The number of nitrogens with one attached hydrogen (secondary N) is 1. The Morgan fingerprint density at radius 1 is 1.47 bits per heavy atom. The number of carbonyl (C=O) groups excluding carboxylic acids is 1. The number of unbranched alkanes of at least 4 members (excludes halogenated alkanes) is 1. The number of carbonyl (C=O) groups is 1. The Balaban J connectivity index is 2.65. The fraction of sp³-hybridized carbons (Fsp3) is 0.417. The molecule has 0 saturated carbocycles. The van der Waals surface area contributed by atoms with Crippen molar-refractivity contribution in [3.05, 3.63) is 29.3 Å². The SMILES string of the molecule is CCCCNC(=O)c1ccc(C)cc1O. The topological polar surface area (TPSA) is 49.3 Å². The van der Waals surface area contributed by atoms with Crippen LogP contribution in [0.2, 0.25) is 0 Å². The van der Waals surface area contributed by atoms with Gasteiger partial charge in [-0.3, -0.25) is 4.79 Å². The van der Waals surface area contributed by atoms with Gasteiger partial charge in [-0.1, -0.05) is 19.4 Å². The molecule has 15 heavy (non-hydrogen) atoms. The number of hydrogen-bond acceptors (Lipinski definition) is 2. The van der Waals surface area contributed by atoms with Crippen molar-refractivity contribution in [3.63, 3.8) is 0 Å². The highest BCUT2D eigenvalue weighted by atomic mass is 16.3. The van der Waals surface area contributed by atoms with Crippen LogP contribution in [-0.2, 0) is 0 Å². The summed E-state index contributed by atoms with van der Waals surface area (Å²) in [4.78, 5) is 11.6. The van der Waals surface area contributed by atoms with E-state index in [-0.39, 0.29) is 11.7 Å². The summed E-state index contributed by atoms with van der Waals surface area (Å²) in [5.41, 5.74) is 1.29. The van der Waals surface area contributed by atoms with Crippen molar-refractivity contribution in [3.8, 4) is 5.75 Å². The molecule has 0 aliphatic carbocycles. The first-order valence-corrected chi connectivity index (χ1v) is 5.23. The van der Waals surface area contributed by atoms with Gasteiger partial charge in [-0.05, 0) is 31.0 Å². The molecule has 0 bridgehead atoms. The van der Waals surface area contributed by atoms with E-state index in [4.69, 9.17) is 0 Å². The molecule has 0 aliphatic heterocycles. The lowest BCUT2D eigenvalue weighted by molar-refractivity contribution is 0.0950. The molecule has 0 radical (unpaired) electrons. The van der Waals surface area contributed by atoms with Crippen molar-refractivity contribution >= 4 is 5.91 Å². The minimum absolute atomic E-state index is 0.0454. The Labute approximate surface area is 90.1 Å². The molecular weight excluding hydrogens is 190 g/mol. The lowest BCUT2D eigenvalue weighted by atomic mass is 10.1. The number of aryl methyl sites for hydroxylation is 1. The minimum Gasteiger partial charge on any atom is -0.507 e. The predicted octanol–water partition coefficient (Wildman–Crippen LogP) is 2.23. The number of rotatable bonds is 4. The second-order valence-electron chi connectivity index (χ2n) is 3.63.